The zero-order chi connectivity index (χ0) is 15.5. The van der Waals surface area contributed by atoms with Gasteiger partial charge in [-0.1, -0.05) is 0 Å². The molecule has 7 heteroatoms. The Morgan fingerprint density at radius 1 is 1.45 bits per heavy atom. The highest BCUT2D eigenvalue weighted by Crippen LogP contribution is 2.15. The number of nitrogens with one attached hydrogen (secondary N) is 1. The fraction of sp³-hybridized carbons (Fsp3) is 0.733. The standard InChI is InChI=1S/C15H24N4O3/c1-11(2)18-3-4-19-12(9-18)7-14(17-19)15(20)16-8-13-10-21-5-6-22-13/h7,11,13H,3-6,8-10H2,1-2H3,(H,16,20)/t13-/m0/s1. The van der Waals surface area contributed by atoms with E-state index in [2.05, 4.69) is 29.2 Å². The average molecular weight is 308 g/mol. The smallest absolute Gasteiger partial charge is 0.271 e. The number of carbonyl (C=O) groups is 1. The first-order valence-electron chi connectivity index (χ1n) is 7.92. The molecule has 1 fully saturated rings. The lowest BCUT2D eigenvalue weighted by molar-refractivity contribution is -0.0855. The van der Waals surface area contributed by atoms with Crippen LogP contribution in [-0.4, -0.2) is 65.6 Å². The minimum absolute atomic E-state index is 0.0635. The number of carbonyl (C=O) groups excluding carboxylic acids is 1. The molecule has 0 unspecified atom stereocenters. The largest absolute Gasteiger partial charge is 0.376 e. The number of hydrogen-bond acceptors (Lipinski definition) is 5. The van der Waals surface area contributed by atoms with Crippen LogP contribution in [0.4, 0.5) is 0 Å². The van der Waals surface area contributed by atoms with Crippen molar-refractivity contribution in [1.29, 1.82) is 0 Å². The first kappa shape index (κ1) is 15.5. The molecule has 0 bridgehead atoms. The highest BCUT2D eigenvalue weighted by atomic mass is 16.6. The molecule has 3 heterocycles. The van der Waals surface area contributed by atoms with E-state index in [-0.39, 0.29) is 12.0 Å². The van der Waals surface area contributed by atoms with Crippen molar-refractivity contribution in [2.24, 2.45) is 0 Å². The third-order valence-electron chi connectivity index (χ3n) is 4.17. The van der Waals surface area contributed by atoms with Crippen LogP contribution in [0.15, 0.2) is 6.07 Å². The molecule has 3 rings (SSSR count). The van der Waals surface area contributed by atoms with Gasteiger partial charge in [-0.3, -0.25) is 14.4 Å². The summed E-state index contributed by atoms with van der Waals surface area (Å²) in [6, 6.07) is 2.40. The van der Waals surface area contributed by atoms with Gasteiger partial charge in [-0.25, -0.2) is 0 Å². The minimum Gasteiger partial charge on any atom is -0.376 e. The van der Waals surface area contributed by atoms with Crippen LogP contribution in [0.5, 0.6) is 0 Å². The Kier molecular flexibility index (Phi) is 4.75. The lowest BCUT2D eigenvalue weighted by atomic mass is 10.2. The molecule has 0 saturated carbocycles. The monoisotopic (exact) mass is 308 g/mol. The van der Waals surface area contributed by atoms with Crippen LogP contribution in [0.25, 0.3) is 0 Å². The zero-order valence-electron chi connectivity index (χ0n) is 13.2. The highest BCUT2D eigenvalue weighted by Gasteiger charge is 2.23. The number of hydrogen-bond donors (Lipinski definition) is 1. The molecule has 1 saturated heterocycles. The Labute approximate surface area is 130 Å². The van der Waals surface area contributed by atoms with E-state index in [0.29, 0.717) is 38.1 Å². The SMILES string of the molecule is CC(C)N1CCn2nc(C(=O)NC[C@H]3COCCO3)cc2C1. The van der Waals surface area contributed by atoms with Crippen molar-refractivity contribution >= 4 is 5.91 Å². The number of rotatable bonds is 4. The molecule has 2 aliphatic heterocycles. The molecule has 1 aromatic heterocycles. The molecule has 1 atom stereocenters. The first-order valence-corrected chi connectivity index (χ1v) is 7.92. The van der Waals surface area contributed by atoms with E-state index in [9.17, 15) is 4.79 Å². The van der Waals surface area contributed by atoms with E-state index < -0.39 is 0 Å². The van der Waals surface area contributed by atoms with E-state index >= 15 is 0 Å². The van der Waals surface area contributed by atoms with Crippen LogP contribution in [-0.2, 0) is 22.6 Å². The second-order valence-corrected chi connectivity index (χ2v) is 6.09. The van der Waals surface area contributed by atoms with Crippen molar-refractivity contribution < 1.29 is 14.3 Å². The second kappa shape index (κ2) is 6.76. The third-order valence-corrected chi connectivity index (χ3v) is 4.17. The van der Waals surface area contributed by atoms with E-state index in [1.165, 1.54) is 0 Å². The average Bonchev–Trinajstić information content (AvgIpc) is 2.96. The van der Waals surface area contributed by atoms with E-state index in [1.54, 1.807) is 0 Å². The van der Waals surface area contributed by atoms with Crippen LogP contribution >= 0.6 is 0 Å². The Hall–Kier alpha value is -1.44. The highest BCUT2D eigenvalue weighted by molar-refractivity contribution is 5.92. The van der Waals surface area contributed by atoms with Gasteiger partial charge in [0.25, 0.3) is 5.91 Å². The van der Waals surface area contributed by atoms with E-state index in [4.69, 9.17) is 9.47 Å². The molecule has 1 aromatic rings. The molecule has 7 nitrogen and oxygen atoms in total. The fourth-order valence-corrected chi connectivity index (χ4v) is 2.79. The molecule has 0 aliphatic carbocycles. The van der Waals surface area contributed by atoms with Gasteiger partial charge >= 0.3 is 0 Å². The summed E-state index contributed by atoms with van der Waals surface area (Å²) in [6.07, 6.45) is -0.0635. The molecule has 1 amide bonds. The summed E-state index contributed by atoms with van der Waals surface area (Å²) in [6.45, 7) is 9.23. The van der Waals surface area contributed by atoms with Crippen molar-refractivity contribution in [3.05, 3.63) is 17.5 Å². The van der Waals surface area contributed by atoms with Crippen LogP contribution in [0.3, 0.4) is 0 Å². The molecule has 22 heavy (non-hydrogen) atoms. The Morgan fingerprint density at radius 3 is 3.05 bits per heavy atom. The number of aromatic nitrogens is 2. The van der Waals surface area contributed by atoms with Crippen LogP contribution in [0.2, 0.25) is 0 Å². The summed E-state index contributed by atoms with van der Waals surface area (Å²) in [5.74, 6) is -0.146. The summed E-state index contributed by atoms with van der Waals surface area (Å²) >= 11 is 0. The van der Waals surface area contributed by atoms with Gasteiger partial charge in [0.15, 0.2) is 0 Å². The third kappa shape index (κ3) is 3.48. The number of fused-ring (bicyclic) bond motifs is 1. The lowest BCUT2D eigenvalue weighted by Gasteiger charge is -2.30. The van der Waals surface area contributed by atoms with Crippen molar-refractivity contribution in [2.75, 3.05) is 32.9 Å². The summed E-state index contributed by atoms with van der Waals surface area (Å²) in [5, 5.41) is 7.29. The zero-order valence-corrected chi connectivity index (χ0v) is 13.2. The van der Waals surface area contributed by atoms with E-state index in [0.717, 1.165) is 25.3 Å². The van der Waals surface area contributed by atoms with Crippen LogP contribution in [0.1, 0.15) is 30.0 Å². The summed E-state index contributed by atoms with van der Waals surface area (Å²) in [4.78, 5) is 14.6. The van der Waals surface area contributed by atoms with Gasteiger partial charge in [-0.05, 0) is 19.9 Å². The van der Waals surface area contributed by atoms with Gasteiger partial charge < -0.3 is 14.8 Å². The van der Waals surface area contributed by atoms with Gasteiger partial charge in [-0.2, -0.15) is 5.10 Å². The molecule has 122 valence electrons. The molecular weight excluding hydrogens is 284 g/mol. The number of amides is 1. The first-order chi connectivity index (χ1) is 10.6. The predicted octanol–water partition coefficient (Wildman–Crippen LogP) is 0.252. The second-order valence-electron chi connectivity index (χ2n) is 6.09. The molecule has 0 aromatic carbocycles. The summed E-state index contributed by atoms with van der Waals surface area (Å²) in [7, 11) is 0. The fourth-order valence-electron chi connectivity index (χ4n) is 2.79. The maximum Gasteiger partial charge on any atom is 0.271 e. The molecule has 1 N–H and O–H groups in total. The predicted molar refractivity (Wildman–Crippen MR) is 80.7 cm³/mol. The van der Waals surface area contributed by atoms with Crippen molar-refractivity contribution in [3.63, 3.8) is 0 Å². The quantitative estimate of drug-likeness (QED) is 0.864. The topological polar surface area (TPSA) is 68.6 Å². The maximum atomic E-state index is 12.2. The molecular formula is C15H24N4O3. The summed E-state index contributed by atoms with van der Waals surface area (Å²) in [5.41, 5.74) is 1.58. The van der Waals surface area contributed by atoms with Gasteiger partial charge in [0, 0.05) is 25.7 Å². The molecule has 2 aliphatic rings. The Balaban J connectivity index is 1.57. The number of ether oxygens (including phenoxy) is 2. The van der Waals surface area contributed by atoms with Crippen molar-refractivity contribution in [1.82, 2.24) is 20.0 Å². The van der Waals surface area contributed by atoms with Gasteiger partial charge in [0.05, 0.1) is 38.2 Å². The van der Waals surface area contributed by atoms with E-state index in [1.807, 2.05) is 10.7 Å². The van der Waals surface area contributed by atoms with Crippen LogP contribution < -0.4 is 5.32 Å². The lowest BCUT2D eigenvalue weighted by Crippen LogP contribution is -2.39. The van der Waals surface area contributed by atoms with Gasteiger partial charge in [0.1, 0.15) is 5.69 Å². The Morgan fingerprint density at radius 2 is 2.32 bits per heavy atom. The minimum atomic E-state index is -0.146. The maximum absolute atomic E-state index is 12.2. The van der Waals surface area contributed by atoms with Gasteiger partial charge in [-0.15, -0.1) is 0 Å². The number of nitrogens with zero attached hydrogens (tertiary/aromatic N) is 3. The van der Waals surface area contributed by atoms with Crippen LogP contribution in [0, 0.1) is 0 Å². The van der Waals surface area contributed by atoms with Crippen molar-refractivity contribution in [2.45, 2.75) is 39.1 Å². The van der Waals surface area contributed by atoms with Gasteiger partial charge in [0.2, 0.25) is 0 Å². The van der Waals surface area contributed by atoms with Crippen molar-refractivity contribution in [3.8, 4) is 0 Å². The normalized spacial score (nSPS) is 22.6. The summed E-state index contributed by atoms with van der Waals surface area (Å²) < 4.78 is 12.8. The Bertz CT molecular complexity index is 523. The molecule has 0 radical (unpaired) electrons. The molecule has 0 spiro atoms.